The van der Waals surface area contributed by atoms with Crippen molar-refractivity contribution in [1.29, 1.82) is 0 Å². The Morgan fingerprint density at radius 2 is 2.22 bits per heavy atom. The van der Waals surface area contributed by atoms with Crippen LogP contribution in [0.4, 0.5) is 5.69 Å². The zero-order valence-electron chi connectivity index (χ0n) is 10.5. The monoisotopic (exact) mass is 268 g/mol. The fourth-order valence-corrected chi connectivity index (χ4v) is 2.49. The van der Waals surface area contributed by atoms with Crippen LogP contribution in [0.25, 0.3) is 0 Å². The first-order chi connectivity index (χ1) is 8.49. The van der Waals surface area contributed by atoms with Gasteiger partial charge in [-0.3, -0.25) is 0 Å². The molecule has 1 aliphatic rings. The molecule has 1 fully saturated rings. The highest BCUT2D eigenvalue weighted by molar-refractivity contribution is 6.33. The van der Waals surface area contributed by atoms with Crippen molar-refractivity contribution in [2.75, 3.05) is 18.0 Å². The molecule has 2 rings (SSSR count). The maximum Gasteiger partial charge on any atom is 0.337 e. The van der Waals surface area contributed by atoms with Gasteiger partial charge >= 0.3 is 5.97 Å². The molecule has 1 aliphatic heterocycles. The van der Waals surface area contributed by atoms with Crippen molar-refractivity contribution in [1.82, 2.24) is 5.32 Å². The Labute approximate surface area is 112 Å². The second-order valence-corrected chi connectivity index (χ2v) is 5.19. The van der Waals surface area contributed by atoms with E-state index in [1.807, 2.05) is 6.07 Å². The van der Waals surface area contributed by atoms with Gasteiger partial charge in [-0.1, -0.05) is 11.6 Å². The minimum absolute atomic E-state index is 0.149. The molecule has 98 valence electrons. The summed E-state index contributed by atoms with van der Waals surface area (Å²) in [5, 5.41) is 12.6. The van der Waals surface area contributed by atoms with E-state index in [0.29, 0.717) is 17.1 Å². The molecule has 0 bridgehead atoms. The highest BCUT2D eigenvalue weighted by Crippen LogP contribution is 2.26. The Hall–Kier alpha value is -1.26. The SMILES string of the molecule is C[C@@H]1CN(c2ccc(C(=O)O)c(Cl)c2)[C@@H](C)CN1. The van der Waals surface area contributed by atoms with E-state index < -0.39 is 5.97 Å². The van der Waals surface area contributed by atoms with E-state index in [1.54, 1.807) is 12.1 Å². The molecular weight excluding hydrogens is 252 g/mol. The van der Waals surface area contributed by atoms with Gasteiger partial charge in [0.15, 0.2) is 0 Å². The Morgan fingerprint density at radius 1 is 1.50 bits per heavy atom. The number of benzene rings is 1. The van der Waals surface area contributed by atoms with Gasteiger partial charge in [0.25, 0.3) is 0 Å². The average molecular weight is 269 g/mol. The average Bonchev–Trinajstić information content (AvgIpc) is 2.31. The van der Waals surface area contributed by atoms with Crippen LogP contribution >= 0.6 is 11.6 Å². The molecule has 0 spiro atoms. The second-order valence-electron chi connectivity index (χ2n) is 4.78. The summed E-state index contributed by atoms with van der Waals surface area (Å²) in [7, 11) is 0. The lowest BCUT2D eigenvalue weighted by Gasteiger charge is -2.39. The lowest BCUT2D eigenvalue weighted by molar-refractivity contribution is 0.0697. The quantitative estimate of drug-likeness (QED) is 0.864. The topological polar surface area (TPSA) is 52.6 Å². The molecule has 2 N–H and O–H groups in total. The molecule has 1 saturated heterocycles. The number of hydrogen-bond acceptors (Lipinski definition) is 3. The van der Waals surface area contributed by atoms with Crippen molar-refractivity contribution in [3.63, 3.8) is 0 Å². The van der Waals surface area contributed by atoms with E-state index in [2.05, 4.69) is 24.1 Å². The van der Waals surface area contributed by atoms with Crippen LogP contribution in [0, 0.1) is 0 Å². The third-order valence-corrected chi connectivity index (χ3v) is 3.59. The maximum atomic E-state index is 10.9. The number of carboxylic acid groups (broad SMARTS) is 1. The van der Waals surface area contributed by atoms with Gasteiger partial charge in [-0.15, -0.1) is 0 Å². The molecule has 1 aromatic carbocycles. The summed E-state index contributed by atoms with van der Waals surface area (Å²) in [4.78, 5) is 13.2. The number of carboxylic acids is 1. The minimum Gasteiger partial charge on any atom is -0.478 e. The molecule has 18 heavy (non-hydrogen) atoms. The highest BCUT2D eigenvalue weighted by Gasteiger charge is 2.23. The Kier molecular flexibility index (Phi) is 3.78. The number of aromatic carboxylic acids is 1. The standard InChI is InChI=1S/C13H17ClN2O2/c1-8-7-16(9(2)6-15-8)10-3-4-11(13(17)18)12(14)5-10/h3-5,8-9,15H,6-7H2,1-2H3,(H,17,18)/t8-,9+/m1/s1. The van der Waals surface area contributed by atoms with Crippen molar-refractivity contribution < 1.29 is 9.90 Å². The van der Waals surface area contributed by atoms with Gasteiger partial charge in [0, 0.05) is 30.9 Å². The zero-order chi connectivity index (χ0) is 13.3. The van der Waals surface area contributed by atoms with E-state index in [4.69, 9.17) is 16.7 Å². The number of halogens is 1. The Morgan fingerprint density at radius 3 is 2.83 bits per heavy atom. The first-order valence-corrected chi connectivity index (χ1v) is 6.39. The van der Waals surface area contributed by atoms with E-state index in [1.165, 1.54) is 0 Å². The fourth-order valence-electron chi connectivity index (χ4n) is 2.24. The van der Waals surface area contributed by atoms with Gasteiger partial charge in [0.2, 0.25) is 0 Å². The number of nitrogens with one attached hydrogen (secondary N) is 1. The highest BCUT2D eigenvalue weighted by atomic mass is 35.5. The molecule has 1 heterocycles. The molecule has 4 nitrogen and oxygen atoms in total. The van der Waals surface area contributed by atoms with Crippen LogP contribution in [0.1, 0.15) is 24.2 Å². The molecule has 2 atom stereocenters. The van der Waals surface area contributed by atoms with Crippen molar-refractivity contribution in [2.45, 2.75) is 25.9 Å². The third kappa shape index (κ3) is 2.60. The van der Waals surface area contributed by atoms with Gasteiger partial charge in [0.05, 0.1) is 10.6 Å². The van der Waals surface area contributed by atoms with Gasteiger partial charge in [-0.2, -0.15) is 0 Å². The largest absolute Gasteiger partial charge is 0.478 e. The number of carbonyl (C=O) groups is 1. The van der Waals surface area contributed by atoms with E-state index in [9.17, 15) is 4.79 Å². The van der Waals surface area contributed by atoms with Crippen LogP contribution in [0.5, 0.6) is 0 Å². The van der Waals surface area contributed by atoms with E-state index in [-0.39, 0.29) is 5.56 Å². The van der Waals surface area contributed by atoms with Crippen LogP contribution in [0.2, 0.25) is 5.02 Å². The lowest BCUT2D eigenvalue weighted by Crippen LogP contribution is -2.54. The molecule has 0 aromatic heterocycles. The van der Waals surface area contributed by atoms with Crippen LogP contribution in [-0.4, -0.2) is 36.2 Å². The van der Waals surface area contributed by atoms with Gasteiger partial charge in [-0.25, -0.2) is 4.79 Å². The van der Waals surface area contributed by atoms with Crippen molar-refractivity contribution in [3.05, 3.63) is 28.8 Å². The summed E-state index contributed by atoms with van der Waals surface area (Å²) in [6.45, 7) is 6.08. The minimum atomic E-state index is -0.992. The summed E-state index contributed by atoms with van der Waals surface area (Å²) in [5.74, 6) is -0.992. The predicted molar refractivity (Wildman–Crippen MR) is 72.7 cm³/mol. The van der Waals surface area contributed by atoms with Crippen molar-refractivity contribution in [3.8, 4) is 0 Å². The molecule has 0 aliphatic carbocycles. The van der Waals surface area contributed by atoms with Crippen molar-refractivity contribution >= 4 is 23.3 Å². The van der Waals surface area contributed by atoms with Crippen LogP contribution in [0.3, 0.4) is 0 Å². The van der Waals surface area contributed by atoms with Gasteiger partial charge in [-0.05, 0) is 32.0 Å². The van der Waals surface area contributed by atoms with Gasteiger partial charge in [0.1, 0.15) is 0 Å². The van der Waals surface area contributed by atoms with Gasteiger partial charge < -0.3 is 15.3 Å². The summed E-state index contributed by atoms with van der Waals surface area (Å²) in [5.41, 5.74) is 1.13. The lowest BCUT2D eigenvalue weighted by atomic mass is 10.1. The van der Waals surface area contributed by atoms with Crippen molar-refractivity contribution in [2.24, 2.45) is 0 Å². The molecule has 5 heteroatoms. The normalized spacial score (nSPS) is 24.1. The van der Waals surface area contributed by atoms with Crippen LogP contribution in [0.15, 0.2) is 18.2 Å². The van der Waals surface area contributed by atoms with Crippen LogP contribution in [-0.2, 0) is 0 Å². The summed E-state index contributed by atoms with van der Waals surface area (Å²) < 4.78 is 0. The van der Waals surface area contributed by atoms with Crippen LogP contribution < -0.4 is 10.2 Å². The summed E-state index contributed by atoms with van der Waals surface area (Å²) >= 11 is 6.00. The number of nitrogens with zero attached hydrogens (tertiary/aromatic N) is 1. The second kappa shape index (κ2) is 5.16. The third-order valence-electron chi connectivity index (χ3n) is 3.28. The molecule has 0 unspecified atom stereocenters. The Bertz CT molecular complexity index is 464. The smallest absolute Gasteiger partial charge is 0.337 e. The molecule has 0 saturated carbocycles. The number of rotatable bonds is 2. The number of hydrogen-bond donors (Lipinski definition) is 2. The molecule has 0 radical (unpaired) electrons. The summed E-state index contributed by atoms with van der Waals surface area (Å²) in [6, 6.07) is 5.91. The summed E-state index contributed by atoms with van der Waals surface area (Å²) in [6.07, 6.45) is 0. The first-order valence-electron chi connectivity index (χ1n) is 6.02. The predicted octanol–water partition coefficient (Wildman–Crippen LogP) is 2.22. The zero-order valence-corrected chi connectivity index (χ0v) is 11.2. The van der Waals surface area contributed by atoms with E-state index >= 15 is 0 Å². The number of piperazine rings is 1. The molecular formula is C13H17ClN2O2. The fraction of sp³-hybridized carbons (Fsp3) is 0.462. The van der Waals surface area contributed by atoms with E-state index in [0.717, 1.165) is 18.8 Å². The maximum absolute atomic E-state index is 10.9. The first kappa shape index (κ1) is 13.2. The molecule has 1 aromatic rings. The molecule has 0 amide bonds. The number of anilines is 1. The Balaban J connectivity index is 2.28.